The van der Waals surface area contributed by atoms with Gasteiger partial charge < -0.3 is 24.4 Å². The first-order chi connectivity index (χ1) is 17.3. The van der Waals surface area contributed by atoms with E-state index in [-0.39, 0.29) is 11.3 Å². The fraction of sp³-hybridized carbons (Fsp3) is 0.448. The van der Waals surface area contributed by atoms with Crippen LogP contribution in [0.1, 0.15) is 55.8 Å². The molecule has 0 saturated carbocycles. The van der Waals surface area contributed by atoms with E-state index >= 15 is 0 Å². The number of hydrogen-bond donors (Lipinski definition) is 1. The van der Waals surface area contributed by atoms with Crippen molar-refractivity contribution in [3.05, 3.63) is 64.7 Å². The number of hydrogen-bond acceptors (Lipinski definition) is 6. The maximum atomic E-state index is 13.2. The lowest BCUT2D eigenvalue weighted by atomic mass is 9.94. The molecule has 0 bridgehead atoms. The molecule has 7 heteroatoms. The number of benzene rings is 2. The molecule has 0 spiro atoms. The number of carbonyl (C=O) groups is 2. The van der Waals surface area contributed by atoms with E-state index in [1.807, 2.05) is 57.1 Å². The molecule has 36 heavy (non-hydrogen) atoms. The molecule has 1 N–H and O–H groups in total. The lowest BCUT2D eigenvalue weighted by Gasteiger charge is -2.26. The van der Waals surface area contributed by atoms with Gasteiger partial charge in [0.1, 0.15) is 17.3 Å². The van der Waals surface area contributed by atoms with Gasteiger partial charge in [-0.15, -0.1) is 0 Å². The molecule has 1 amide bonds. The maximum absolute atomic E-state index is 13.2. The number of Topliss-reactive ketones (excluding diaryl/α,β-unsaturated/α-hetero) is 1. The highest BCUT2D eigenvalue weighted by Crippen LogP contribution is 2.40. The number of rotatable bonds is 12. The van der Waals surface area contributed by atoms with Gasteiger partial charge in [0.05, 0.1) is 24.8 Å². The van der Waals surface area contributed by atoms with E-state index in [1.54, 1.807) is 23.1 Å². The van der Waals surface area contributed by atoms with Crippen LogP contribution >= 0.6 is 0 Å². The molecule has 7 nitrogen and oxygen atoms in total. The van der Waals surface area contributed by atoms with Crippen LogP contribution in [-0.2, 0) is 9.59 Å². The number of unbranched alkanes of at least 4 members (excludes halogenated alkanes) is 2. The van der Waals surface area contributed by atoms with Crippen molar-refractivity contribution in [1.82, 2.24) is 9.80 Å². The third-order valence-corrected chi connectivity index (χ3v) is 6.29. The first-order valence-corrected chi connectivity index (χ1v) is 12.7. The molecular formula is C29H38N2O5. The summed E-state index contributed by atoms with van der Waals surface area (Å²) in [5, 5.41) is 11.3. The molecule has 0 aromatic heterocycles. The van der Waals surface area contributed by atoms with E-state index in [0.29, 0.717) is 37.6 Å². The Morgan fingerprint density at radius 2 is 1.75 bits per heavy atom. The van der Waals surface area contributed by atoms with Gasteiger partial charge in [0, 0.05) is 18.7 Å². The van der Waals surface area contributed by atoms with Gasteiger partial charge in [0.15, 0.2) is 0 Å². The number of aliphatic hydroxyl groups excluding tert-OH is 1. The van der Waals surface area contributed by atoms with Crippen molar-refractivity contribution in [1.29, 1.82) is 0 Å². The Morgan fingerprint density at radius 3 is 2.36 bits per heavy atom. The lowest BCUT2D eigenvalue weighted by Crippen LogP contribution is -2.35. The Morgan fingerprint density at radius 1 is 1.03 bits per heavy atom. The van der Waals surface area contributed by atoms with Gasteiger partial charge in [-0.1, -0.05) is 31.9 Å². The van der Waals surface area contributed by atoms with Crippen molar-refractivity contribution < 1.29 is 24.2 Å². The Balaban J connectivity index is 2.00. The van der Waals surface area contributed by atoms with Crippen LogP contribution in [0.5, 0.6) is 11.5 Å². The number of likely N-dealkylation sites (N-methyl/N-ethyl adjacent to an activating group) is 1. The van der Waals surface area contributed by atoms with Gasteiger partial charge in [-0.25, -0.2) is 0 Å². The van der Waals surface area contributed by atoms with Gasteiger partial charge in [0.25, 0.3) is 11.7 Å². The van der Waals surface area contributed by atoms with Crippen LogP contribution in [0.15, 0.2) is 48.0 Å². The molecular weight excluding hydrogens is 456 g/mol. The normalized spacial score (nSPS) is 17.2. The van der Waals surface area contributed by atoms with Crippen molar-refractivity contribution in [3.8, 4) is 11.5 Å². The number of nitrogens with zero attached hydrogens (tertiary/aromatic N) is 2. The summed E-state index contributed by atoms with van der Waals surface area (Å²) in [7, 11) is 3.83. The molecule has 2 aromatic carbocycles. The zero-order valence-electron chi connectivity index (χ0n) is 22.0. The highest BCUT2D eigenvalue weighted by atomic mass is 16.5. The van der Waals surface area contributed by atoms with Crippen LogP contribution in [0.2, 0.25) is 0 Å². The first kappa shape index (κ1) is 27.3. The second kappa shape index (κ2) is 12.6. The van der Waals surface area contributed by atoms with Crippen LogP contribution in [-0.4, -0.2) is 67.0 Å². The van der Waals surface area contributed by atoms with Crippen molar-refractivity contribution >= 4 is 17.4 Å². The summed E-state index contributed by atoms with van der Waals surface area (Å²) < 4.78 is 11.4. The van der Waals surface area contributed by atoms with Crippen LogP contribution < -0.4 is 9.47 Å². The Kier molecular flexibility index (Phi) is 9.53. The minimum Gasteiger partial charge on any atom is -0.507 e. The van der Waals surface area contributed by atoms with Crippen LogP contribution in [0, 0.1) is 6.92 Å². The predicted octanol–water partition coefficient (Wildman–Crippen LogP) is 4.95. The predicted molar refractivity (Wildman–Crippen MR) is 141 cm³/mol. The zero-order valence-corrected chi connectivity index (χ0v) is 22.0. The topological polar surface area (TPSA) is 79.3 Å². The summed E-state index contributed by atoms with van der Waals surface area (Å²) in [5.74, 6) is -0.0147. The fourth-order valence-corrected chi connectivity index (χ4v) is 4.32. The number of aliphatic hydroxyl groups is 1. The fourth-order valence-electron chi connectivity index (χ4n) is 4.32. The average molecular weight is 495 g/mol. The second-order valence-electron chi connectivity index (χ2n) is 9.33. The third kappa shape index (κ3) is 6.26. The Hall–Kier alpha value is -3.32. The number of carbonyl (C=O) groups excluding carboxylic acids is 2. The van der Waals surface area contributed by atoms with E-state index in [4.69, 9.17) is 9.47 Å². The number of likely N-dealkylation sites (tertiary alicyclic amines) is 1. The lowest BCUT2D eigenvalue weighted by molar-refractivity contribution is -0.140. The molecule has 3 rings (SSSR count). The smallest absolute Gasteiger partial charge is 0.295 e. The van der Waals surface area contributed by atoms with E-state index in [0.717, 1.165) is 36.1 Å². The summed E-state index contributed by atoms with van der Waals surface area (Å²) in [6.45, 7) is 8.06. The molecule has 2 aromatic rings. The van der Waals surface area contributed by atoms with Crippen LogP contribution in [0.4, 0.5) is 0 Å². The quantitative estimate of drug-likeness (QED) is 0.195. The molecule has 1 aliphatic heterocycles. The molecule has 1 unspecified atom stereocenters. The SMILES string of the molecule is CCCCCOc1ccc(C2/C(=C(\O)c3ccc(OCC)c(C)c3)C(=O)C(=O)N2CCN(C)C)cc1. The van der Waals surface area contributed by atoms with E-state index in [1.165, 1.54) is 0 Å². The Bertz CT molecular complexity index is 1090. The second-order valence-corrected chi connectivity index (χ2v) is 9.33. The zero-order chi connectivity index (χ0) is 26.2. The third-order valence-electron chi connectivity index (χ3n) is 6.29. The molecule has 0 radical (unpaired) electrons. The number of ether oxygens (including phenoxy) is 2. The summed E-state index contributed by atoms with van der Waals surface area (Å²) >= 11 is 0. The summed E-state index contributed by atoms with van der Waals surface area (Å²) in [5.41, 5.74) is 2.16. The Labute approximate surface area is 214 Å². The highest BCUT2D eigenvalue weighted by Gasteiger charge is 2.45. The van der Waals surface area contributed by atoms with E-state index in [2.05, 4.69) is 6.92 Å². The monoisotopic (exact) mass is 494 g/mol. The van der Waals surface area contributed by atoms with Gasteiger partial charge >= 0.3 is 0 Å². The van der Waals surface area contributed by atoms with Crippen molar-refractivity contribution in [2.45, 2.75) is 46.1 Å². The maximum Gasteiger partial charge on any atom is 0.295 e. The first-order valence-electron chi connectivity index (χ1n) is 12.7. The number of aryl methyl sites for hydroxylation is 1. The van der Waals surface area contributed by atoms with Crippen molar-refractivity contribution in [2.75, 3.05) is 40.4 Å². The van der Waals surface area contributed by atoms with E-state index < -0.39 is 17.7 Å². The van der Waals surface area contributed by atoms with E-state index in [9.17, 15) is 14.7 Å². The van der Waals surface area contributed by atoms with Crippen LogP contribution in [0.25, 0.3) is 5.76 Å². The number of amides is 1. The minimum atomic E-state index is -0.689. The number of ketones is 1. The molecule has 1 saturated heterocycles. The average Bonchev–Trinajstić information content (AvgIpc) is 3.11. The highest BCUT2D eigenvalue weighted by molar-refractivity contribution is 6.46. The van der Waals surface area contributed by atoms with Gasteiger partial charge in [-0.3, -0.25) is 9.59 Å². The summed E-state index contributed by atoms with van der Waals surface area (Å²) in [6, 6.07) is 12.0. The molecule has 1 aliphatic rings. The summed E-state index contributed by atoms with van der Waals surface area (Å²) in [4.78, 5) is 29.8. The minimum absolute atomic E-state index is 0.0962. The van der Waals surface area contributed by atoms with Gasteiger partial charge in [-0.2, -0.15) is 0 Å². The molecule has 0 aliphatic carbocycles. The van der Waals surface area contributed by atoms with Crippen LogP contribution in [0.3, 0.4) is 0 Å². The van der Waals surface area contributed by atoms with Gasteiger partial charge in [0.2, 0.25) is 0 Å². The van der Waals surface area contributed by atoms with Gasteiger partial charge in [-0.05, 0) is 75.8 Å². The van der Waals surface area contributed by atoms with Crippen molar-refractivity contribution in [2.24, 2.45) is 0 Å². The summed E-state index contributed by atoms with van der Waals surface area (Å²) in [6.07, 6.45) is 3.23. The standard InChI is InChI=1S/C29H38N2O5/c1-6-8-9-18-36-23-13-10-21(11-14-23)26-25(28(33)29(34)31(26)17-16-30(4)5)27(32)22-12-15-24(35-7-2)20(3)19-22/h10-15,19,26,32H,6-9,16-18H2,1-5H3/b27-25+. The largest absolute Gasteiger partial charge is 0.507 e. The molecule has 1 heterocycles. The van der Waals surface area contributed by atoms with Crippen molar-refractivity contribution in [3.63, 3.8) is 0 Å². The molecule has 1 fully saturated rings. The molecule has 194 valence electrons. The molecule has 1 atom stereocenters.